The summed E-state index contributed by atoms with van der Waals surface area (Å²) in [5.41, 5.74) is 0. The Kier molecular flexibility index (Phi) is 31.5. The number of nitrogens with zero attached hydrogens (tertiary/aromatic N) is 1. The molecule has 0 aliphatic rings. The van der Waals surface area contributed by atoms with Crippen LogP contribution < -0.4 is 4.89 Å². The van der Waals surface area contributed by atoms with Crippen LogP contribution in [-0.2, 0) is 32.7 Å². The minimum atomic E-state index is -4.62. The van der Waals surface area contributed by atoms with Gasteiger partial charge in [0.05, 0.1) is 27.7 Å². The number of rotatable bonds is 34. The average Bonchev–Trinajstić information content (AvgIpc) is 3.06. The molecule has 0 amide bonds. The van der Waals surface area contributed by atoms with Crippen molar-refractivity contribution in [3.8, 4) is 0 Å². The van der Waals surface area contributed by atoms with Crippen molar-refractivity contribution in [2.45, 2.75) is 148 Å². The highest BCUT2D eigenvalue weighted by molar-refractivity contribution is 7.45. The van der Waals surface area contributed by atoms with Crippen LogP contribution in [0.1, 0.15) is 142 Å². The molecule has 0 aromatic heterocycles. The van der Waals surface area contributed by atoms with Crippen molar-refractivity contribution in [3.63, 3.8) is 0 Å². The molecule has 0 aliphatic carbocycles. The van der Waals surface area contributed by atoms with Gasteiger partial charge in [0, 0.05) is 12.8 Å². The van der Waals surface area contributed by atoms with Crippen molar-refractivity contribution in [3.05, 3.63) is 48.6 Å². The smallest absolute Gasteiger partial charge is 0.306 e. The fraction of sp³-hybridized carbons (Fsp3) is 0.750. The summed E-state index contributed by atoms with van der Waals surface area (Å²) in [5, 5.41) is 0. The molecule has 0 radical (unpaired) electrons. The number of hydrogen-bond donors (Lipinski definition) is 0. The average molecular weight is 726 g/mol. The maximum Gasteiger partial charge on any atom is 0.306 e. The zero-order chi connectivity index (χ0) is 37.2. The van der Waals surface area contributed by atoms with E-state index in [9.17, 15) is 19.0 Å². The lowest BCUT2D eigenvalue weighted by Crippen LogP contribution is -2.37. The van der Waals surface area contributed by atoms with E-state index in [-0.39, 0.29) is 26.1 Å². The third kappa shape index (κ3) is 35.8. The number of phosphoric ester groups is 1. The van der Waals surface area contributed by atoms with Gasteiger partial charge in [-0.3, -0.25) is 14.2 Å². The maximum absolute atomic E-state index is 12.6. The molecule has 9 nitrogen and oxygen atoms in total. The topological polar surface area (TPSA) is 111 Å². The Morgan fingerprint density at radius 3 is 1.72 bits per heavy atom. The van der Waals surface area contributed by atoms with Crippen LogP contribution in [0.4, 0.5) is 0 Å². The van der Waals surface area contributed by atoms with Crippen molar-refractivity contribution >= 4 is 19.8 Å². The summed E-state index contributed by atoms with van der Waals surface area (Å²) in [4.78, 5) is 37.3. The lowest BCUT2D eigenvalue weighted by Gasteiger charge is -2.28. The highest BCUT2D eigenvalue weighted by Crippen LogP contribution is 2.38. The fourth-order valence-electron chi connectivity index (χ4n) is 4.77. The highest BCUT2D eigenvalue weighted by atomic mass is 31.2. The molecule has 0 bridgehead atoms. The summed E-state index contributed by atoms with van der Waals surface area (Å²) in [5.74, 6) is -0.872. The highest BCUT2D eigenvalue weighted by Gasteiger charge is 2.21. The predicted octanol–water partition coefficient (Wildman–Crippen LogP) is 9.72. The van der Waals surface area contributed by atoms with Gasteiger partial charge in [0.2, 0.25) is 0 Å². The van der Waals surface area contributed by atoms with Gasteiger partial charge in [0.1, 0.15) is 19.8 Å². The van der Waals surface area contributed by atoms with Gasteiger partial charge in [0.15, 0.2) is 6.10 Å². The van der Waals surface area contributed by atoms with E-state index < -0.39 is 32.5 Å². The standard InChI is InChI=1S/C40H72NO8P/c1-6-8-10-12-14-16-18-19-20-21-23-25-27-29-31-33-40(43)49-38(37-48-50(44,45)47-35-34-41(3,4)5)36-46-39(42)32-30-28-26-24-22-17-15-13-11-9-7-2/h8,10,13-16,19-20,38H,6-7,9,11-12,17-18,21-37H2,1-5H3/b10-8+,15-13+,16-14+,20-19+/t38-/m1/s1. The minimum absolute atomic E-state index is 0.0375. The van der Waals surface area contributed by atoms with Crippen LogP contribution in [0.15, 0.2) is 48.6 Å². The monoisotopic (exact) mass is 725 g/mol. The minimum Gasteiger partial charge on any atom is -0.756 e. The number of unbranched alkanes of at least 4 members (excludes halogenated alkanes) is 12. The predicted molar refractivity (Wildman–Crippen MR) is 203 cm³/mol. The first-order valence-corrected chi connectivity index (χ1v) is 20.8. The Morgan fingerprint density at radius 1 is 0.640 bits per heavy atom. The van der Waals surface area contributed by atoms with Gasteiger partial charge in [-0.25, -0.2) is 0 Å². The number of allylic oxidation sites excluding steroid dienone is 8. The summed E-state index contributed by atoms with van der Waals surface area (Å²) in [7, 11) is 1.14. The fourth-order valence-corrected chi connectivity index (χ4v) is 5.49. The third-order valence-electron chi connectivity index (χ3n) is 7.83. The van der Waals surface area contributed by atoms with E-state index in [1.54, 1.807) is 0 Å². The first-order valence-electron chi connectivity index (χ1n) is 19.3. The summed E-state index contributed by atoms with van der Waals surface area (Å²) in [6.07, 6.45) is 35.7. The van der Waals surface area contributed by atoms with Gasteiger partial charge < -0.3 is 27.9 Å². The Balaban J connectivity index is 4.48. The van der Waals surface area contributed by atoms with Gasteiger partial charge >= 0.3 is 11.9 Å². The molecule has 10 heteroatoms. The largest absolute Gasteiger partial charge is 0.756 e. The zero-order valence-electron chi connectivity index (χ0n) is 32.3. The molecule has 0 aromatic carbocycles. The van der Waals surface area contributed by atoms with Crippen LogP contribution in [0.25, 0.3) is 0 Å². The number of esters is 2. The second-order valence-electron chi connectivity index (χ2n) is 13.9. The molecule has 1 unspecified atom stereocenters. The van der Waals surface area contributed by atoms with E-state index in [0.717, 1.165) is 89.9 Å². The number of likely N-dealkylation sites (N-methyl/N-ethyl adjacent to an activating group) is 1. The second kappa shape index (κ2) is 32.8. The first kappa shape index (κ1) is 48.0. The Labute approximate surface area is 305 Å². The number of carbonyl (C=O) groups is 2. The van der Waals surface area contributed by atoms with Crippen molar-refractivity contribution in [2.75, 3.05) is 47.5 Å². The van der Waals surface area contributed by atoms with Crippen LogP contribution in [0.5, 0.6) is 0 Å². The van der Waals surface area contributed by atoms with E-state index >= 15 is 0 Å². The van der Waals surface area contributed by atoms with Crippen molar-refractivity contribution < 1.29 is 42.1 Å². The summed E-state index contributed by atoms with van der Waals surface area (Å²) in [6, 6.07) is 0. The van der Waals surface area contributed by atoms with Crippen LogP contribution in [-0.4, -0.2) is 70.0 Å². The lowest BCUT2D eigenvalue weighted by atomic mass is 10.1. The van der Waals surface area contributed by atoms with Gasteiger partial charge in [-0.1, -0.05) is 114 Å². The second-order valence-corrected chi connectivity index (χ2v) is 15.3. The molecule has 50 heavy (non-hydrogen) atoms. The molecule has 0 aromatic rings. The molecule has 0 aliphatic heterocycles. The third-order valence-corrected chi connectivity index (χ3v) is 8.80. The van der Waals surface area contributed by atoms with E-state index in [4.69, 9.17) is 18.5 Å². The molecule has 0 spiro atoms. The quantitative estimate of drug-likeness (QED) is 0.0212. The van der Waals surface area contributed by atoms with E-state index in [1.807, 2.05) is 21.1 Å². The zero-order valence-corrected chi connectivity index (χ0v) is 33.2. The van der Waals surface area contributed by atoms with Gasteiger partial charge in [-0.05, 0) is 64.2 Å². The Bertz CT molecular complexity index is 1000. The molecule has 0 saturated heterocycles. The molecular formula is C40H72NO8P. The van der Waals surface area contributed by atoms with E-state index in [0.29, 0.717) is 23.9 Å². The number of carbonyl (C=O) groups excluding carboxylic acids is 2. The number of hydrogen-bond acceptors (Lipinski definition) is 8. The van der Waals surface area contributed by atoms with Gasteiger partial charge in [-0.2, -0.15) is 0 Å². The molecule has 2 atom stereocenters. The van der Waals surface area contributed by atoms with Gasteiger partial charge in [0.25, 0.3) is 7.82 Å². The van der Waals surface area contributed by atoms with Crippen molar-refractivity contribution in [1.29, 1.82) is 0 Å². The summed E-state index contributed by atoms with van der Waals surface area (Å²) >= 11 is 0. The molecule has 0 rings (SSSR count). The lowest BCUT2D eigenvalue weighted by molar-refractivity contribution is -0.870. The van der Waals surface area contributed by atoms with E-state index in [2.05, 4.69) is 62.5 Å². The van der Waals surface area contributed by atoms with Crippen LogP contribution in [0.2, 0.25) is 0 Å². The molecule has 0 heterocycles. The van der Waals surface area contributed by atoms with E-state index in [1.165, 1.54) is 12.8 Å². The normalized spacial score (nSPS) is 14.3. The summed E-state index contributed by atoms with van der Waals surface area (Å²) in [6.45, 7) is 4.01. The van der Waals surface area contributed by atoms with Crippen LogP contribution in [0, 0.1) is 0 Å². The van der Waals surface area contributed by atoms with Crippen LogP contribution >= 0.6 is 7.82 Å². The molecule has 290 valence electrons. The Morgan fingerprint density at radius 2 is 1.14 bits per heavy atom. The number of ether oxygens (including phenoxy) is 2. The number of quaternary nitrogens is 1. The summed E-state index contributed by atoms with van der Waals surface area (Å²) < 4.78 is 33.7. The molecule has 0 saturated carbocycles. The molecule has 0 N–H and O–H groups in total. The Hall–Kier alpha value is -2.03. The van der Waals surface area contributed by atoms with Gasteiger partial charge in [-0.15, -0.1) is 0 Å². The molecule has 0 fully saturated rings. The van der Waals surface area contributed by atoms with Crippen molar-refractivity contribution in [1.82, 2.24) is 0 Å². The molecular weight excluding hydrogens is 653 g/mol. The maximum atomic E-state index is 12.6. The SMILES string of the molecule is CC/C=C/C/C=C/C/C=C/CCCCCCCC(=O)O[C@H](COC(=O)CCCCCCC/C=C/CCCC)COP(=O)([O-])OCC[N+](C)(C)C. The first-order chi connectivity index (χ1) is 24.0. The van der Waals surface area contributed by atoms with Crippen molar-refractivity contribution in [2.24, 2.45) is 0 Å². The number of phosphoric acid groups is 1. The van der Waals surface area contributed by atoms with Crippen LogP contribution in [0.3, 0.4) is 0 Å².